The van der Waals surface area contributed by atoms with Gasteiger partial charge in [0, 0.05) is 0 Å². The van der Waals surface area contributed by atoms with Crippen molar-refractivity contribution in [3.8, 4) is 5.75 Å². The van der Waals surface area contributed by atoms with Crippen molar-refractivity contribution < 1.29 is 108 Å². The third-order valence-electron chi connectivity index (χ3n) is 7.51. The van der Waals surface area contributed by atoms with Gasteiger partial charge in [-0.25, -0.2) is 36.3 Å². The highest BCUT2D eigenvalue weighted by atomic mass is 32.3. The molecule has 0 saturated heterocycles. The van der Waals surface area contributed by atoms with Crippen molar-refractivity contribution in [3.05, 3.63) is 54.1 Å². The minimum Gasteiger partial charge on any atom is -0.505 e. The van der Waals surface area contributed by atoms with E-state index >= 15 is 0 Å². The number of carboxylic acid groups (broad SMARTS) is 1. The van der Waals surface area contributed by atoms with Crippen LogP contribution >= 0.6 is 24.4 Å². The second kappa shape index (κ2) is 20.5. The summed E-state index contributed by atoms with van der Waals surface area (Å²) in [6.45, 7) is -1.66. The second-order valence-electron chi connectivity index (χ2n) is 11.4. The Kier molecular flexibility index (Phi) is 16.6. The highest BCUT2D eigenvalue weighted by Crippen LogP contribution is 2.50. The number of carbonyl (C=O) groups is 1. The molecule has 344 valence electrons. The fourth-order valence-corrected chi connectivity index (χ4v) is 9.70. The summed E-state index contributed by atoms with van der Waals surface area (Å²) in [4.78, 5) is 7.86. The van der Waals surface area contributed by atoms with E-state index in [1.807, 2.05) is 0 Å². The number of nitrogens with two attached hydrogens (primary N) is 1. The van der Waals surface area contributed by atoms with E-state index < -0.39 is 156 Å². The van der Waals surface area contributed by atoms with Crippen LogP contribution in [0.2, 0.25) is 0 Å². The number of fused-ring (bicyclic) bond motifs is 1. The number of carboxylic acids is 1. The van der Waals surface area contributed by atoms with Crippen LogP contribution in [-0.2, 0) is 77.4 Å². The number of phenolic OH excluding ortho intramolecular Hbond substituents is 1. The van der Waals surface area contributed by atoms with Crippen molar-refractivity contribution in [2.45, 2.75) is 24.5 Å². The van der Waals surface area contributed by atoms with Crippen molar-refractivity contribution in [1.82, 2.24) is 0 Å². The number of anilines is 1. The topological polar surface area (TPSA) is 460 Å². The Morgan fingerprint density at radius 3 is 1.84 bits per heavy atom. The van der Waals surface area contributed by atoms with Gasteiger partial charge in [0.1, 0.15) is 32.5 Å². The average molecular weight is 1030 g/mol. The third kappa shape index (κ3) is 13.2. The summed E-state index contributed by atoms with van der Waals surface area (Å²) in [5.74, 6) is -4.68. The van der Waals surface area contributed by atoms with Crippen molar-refractivity contribution in [2.24, 2.45) is 20.5 Å². The Morgan fingerprint density at radius 2 is 1.25 bits per heavy atom. The lowest BCUT2D eigenvalue weighted by molar-refractivity contribution is -0.434. The summed E-state index contributed by atoms with van der Waals surface area (Å²) >= 11 is 0.110. The number of aromatic carboxylic acids is 1. The number of sulfone groups is 2. The van der Waals surface area contributed by atoms with Crippen LogP contribution in [0.1, 0.15) is 10.4 Å². The minimum absolute atomic E-state index is 0.0525. The Hall–Kier alpha value is -4.58. The summed E-state index contributed by atoms with van der Waals surface area (Å²) in [6, 6.07) is 5.77. The molecule has 0 heterocycles. The van der Waals surface area contributed by atoms with Crippen molar-refractivity contribution >= 4 is 120 Å². The smallest absolute Gasteiger partial charge is 0.397 e. The van der Waals surface area contributed by atoms with Gasteiger partial charge < -0.3 is 15.9 Å². The summed E-state index contributed by atoms with van der Waals surface area (Å²) in [5, 5.41) is 58.6. The number of hydrogen-bond acceptors (Lipinski definition) is 27. The van der Waals surface area contributed by atoms with Crippen LogP contribution in [0.15, 0.2) is 93.5 Å². The highest BCUT2D eigenvalue weighted by Gasteiger charge is 2.28. The number of aromatic hydroxyl groups is 1. The number of azo groups is 2. The Balaban J connectivity index is 1.91. The molecule has 0 amide bonds. The van der Waals surface area contributed by atoms with Crippen molar-refractivity contribution in [3.63, 3.8) is 0 Å². The van der Waals surface area contributed by atoms with Crippen LogP contribution in [0, 0.1) is 0 Å². The summed E-state index contributed by atoms with van der Waals surface area (Å²) in [6.07, 6.45) is 0. The van der Waals surface area contributed by atoms with Crippen molar-refractivity contribution in [2.75, 3.05) is 30.5 Å². The maximum atomic E-state index is 12.8. The lowest BCUT2D eigenvalue weighted by Crippen LogP contribution is -2.15. The highest BCUT2D eigenvalue weighted by molar-refractivity contribution is 7.94. The fourth-order valence-electron chi connectivity index (χ4n) is 4.87. The van der Waals surface area contributed by atoms with E-state index in [1.165, 1.54) is 0 Å². The standard InChI is InChI=1S/C27H25N5O24S7/c28-23-22-13(10-21(62(45,46)47)25(23)32-30-18-11-14(1-3-16(18)27(34)35)60(40,41)8-6-52-63(48,49)50)9-19(57-55-53-36)24(26(22)33)31-29-17-4-2-15(12-20(17)61(42,43)44)59(38,39)7-5-51-58-56-54-37/h1-4,9-12,33,36-37H,5-8,28H2,(H,34,35)(H,42,43,44)(H,45,46,47)(H,48,49,50). The van der Waals surface area contributed by atoms with Crippen LogP contribution in [-0.4, -0.2) is 107 Å². The first kappa shape index (κ1) is 51.1. The van der Waals surface area contributed by atoms with E-state index in [0.717, 1.165) is 30.3 Å². The van der Waals surface area contributed by atoms with Crippen molar-refractivity contribution in [1.29, 1.82) is 0 Å². The predicted molar refractivity (Wildman–Crippen MR) is 208 cm³/mol. The first-order valence-corrected chi connectivity index (χ1v) is 24.6. The van der Waals surface area contributed by atoms with Gasteiger partial charge in [-0.1, -0.05) is 10.1 Å². The first-order valence-electron chi connectivity index (χ1n) is 15.6. The Bertz CT molecular complexity index is 3060. The molecule has 0 aliphatic heterocycles. The molecule has 63 heavy (non-hydrogen) atoms. The summed E-state index contributed by atoms with van der Waals surface area (Å²) in [5.41, 5.74) is 1.27. The van der Waals surface area contributed by atoms with Crippen LogP contribution < -0.4 is 5.73 Å². The van der Waals surface area contributed by atoms with Crippen LogP contribution in [0.4, 0.5) is 28.4 Å². The first-order chi connectivity index (χ1) is 29.2. The quantitative estimate of drug-likeness (QED) is 0.0105. The molecule has 29 nitrogen and oxygen atoms in total. The summed E-state index contributed by atoms with van der Waals surface area (Å²) < 4.78 is 169. The molecule has 4 rings (SSSR count). The molecule has 0 radical (unpaired) electrons. The molecular weight excluding hydrogens is 1000 g/mol. The monoisotopic (exact) mass is 1030 g/mol. The van der Waals surface area contributed by atoms with Gasteiger partial charge in [0.05, 0.1) is 68.1 Å². The molecule has 36 heteroatoms. The van der Waals surface area contributed by atoms with Gasteiger partial charge in [0.15, 0.2) is 37.7 Å². The number of phenols is 1. The zero-order chi connectivity index (χ0) is 47.1. The van der Waals surface area contributed by atoms with Crippen LogP contribution in [0.3, 0.4) is 0 Å². The Labute approximate surface area is 361 Å². The van der Waals surface area contributed by atoms with E-state index in [-0.39, 0.29) is 24.4 Å². The van der Waals surface area contributed by atoms with Gasteiger partial charge >= 0.3 is 16.4 Å². The molecule has 4 aromatic carbocycles. The molecule has 0 aromatic heterocycles. The fraction of sp³-hybridized carbons (Fsp3) is 0.148. The molecular formula is C27H25N5O24S7. The molecule has 0 spiro atoms. The SMILES string of the molecule is Nc1c(N=Nc2cc(S(=O)(=O)CCOS(=O)(=O)O)ccc2C(=O)O)c(S(=O)(=O)O)cc2cc(SOOO)c(N=Nc3ccc(S(=O)(=O)CCOSOOO)cc3S(=O)(=O)O)c(O)c12. The van der Waals surface area contributed by atoms with E-state index in [4.69, 9.17) is 20.8 Å². The lowest BCUT2D eigenvalue weighted by atomic mass is 10.1. The van der Waals surface area contributed by atoms with Gasteiger partial charge in [0.25, 0.3) is 20.2 Å². The third-order valence-corrected chi connectivity index (χ3v) is 14.1. The number of benzene rings is 4. The Morgan fingerprint density at radius 1 is 0.683 bits per heavy atom. The largest absolute Gasteiger partial charge is 0.505 e. The molecule has 0 atom stereocenters. The number of nitrogens with zero attached hydrogens (tertiary/aromatic N) is 4. The zero-order valence-electron chi connectivity index (χ0n) is 30.2. The molecule has 0 bridgehead atoms. The predicted octanol–water partition coefficient (Wildman–Crippen LogP) is 3.95. The molecule has 0 unspecified atom stereocenters. The number of nitrogen functional groups attached to an aromatic ring is 1. The molecule has 0 saturated carbocycles. The maximum Gasteiger partial charge on any atom is 0.397 e. The van der Waals surface area contributed by atoms with Gasteiger partial charge in [-0.15, -0.1) is 29.1 Å². The number of rotatable bonds is 22. The van der Waals surface area contributed by atoms with Crippen LogP contribution in [0.5, 0.6) is 5.75 Å². The van der Waals surface area contributed by atoms with Gasteiger partial charge in [0.2, 0.25) is 0 Å². The summed E-state index contributed by atoms with van der Waals surface area (Å²) in [7, 11) is -24.6. The molecule has 9 N–H and O–H groups in total. The van der Waals surface area contributed by atoms with E-state index in [2.05, 4.69) is 47.6 Å². The van der Waals surface area contributed by atoms with E-state index in [1.54, 1.807) is 0 Å². The van der Waals surface area contributed by atoms with Gasteiger partial charge in [-0.3, -0.25) is 17.8 Å². The second-order valence-corrected chi connectivity index (χ2v) is 20.8. The van der Waals surface area contributed by atoms with E-state index in [0.29, 0.717) is 18.2 Å². The molecule has 0 fully saturated rings. The lowest BCUT2D eigenvalue weighted by Gasteiger charge is -2.14. The number of hydrogen-bond donors (Lipinski definition) is 8. The average Bonchev–Trinajstić information content (AvgIpc) is 3.17. The van der Waals surface area contributed by atoms with Crippen LogP contribution in [0.25, 0.3) is 10.8 Å². The normalized spacial score (nSPS) is 13.1. The van der Waals surface area contributed by atoms with Gasteiger partial charge in [-0.2, -0.15) is 25.3 Å². The molecule has 0 aliphatic rings. The molecule has 0 aliphatic carbocycles. The molecule has 4 aromatic rings. The zero-order valence-corrected chi connectivity index (χ0v) is 36.0. The van der Waals surface area contributed by atoms with E-state index in [9.17, 15) is 66.2 Å². The van der Waals surface area contributed by atoms with Gasteiger partial charge in [-0.05, 0) is 53.9 Å². The maximum absolute atomic E-state index is 12.8. The minimum atomic E-state index is -5.38.